The molecule has 0 atom stereocenters. The van der Waals surface area contributed by atoms with Gasteiger partial charge < -0.3 is 9.84 Å². The minimum Gasteiger partial charge on any atom is -0.367 e. The summed E-state index contributed by atoms with van der Waals surface area (Å²) in [4.78, 5) is 0. The third-order valence-electron chi connectivity index (χ3n) is 1.43. The first-order valence-corrected chi connectivity index (χ1v) is 4.14. The van der Waals surface area contributed by atoms with Crippen molar-refractivity contribution in [3.8, 4) is 0 Å². The average molecular weight is 168 g/mol. The zero-order valence-electron chi connectivity index (χ0n) is 8.14. The molecule has 1 heterocycles. The molecule has 1 rings (SSSR count). The van der Waals surface area contributed by atoms with E-state index < -0.39 is 0 Å². The molecule has 68 valence electrons. The zero-order chi connectivity index (χ0) is 9.19. The number of rotatable bonds is 2. The van der Waals surface area contributed by atoms with Crippen molar-refractivity contribution in [3.05, 3.63) is 11.8 Å². The summed E-state index contributed by atoms with van der Waals surface area (Å²) in [6.07, 6.45) is 0. The number of aryl methyl sites for hydroxylation is 1. The Morgan fingerprint density at radius 2 is 2.17 bits per heavy atom. The first-order valence-electron chi connectivity index (χ1n) is 4.14. The van der Waals surface area contributed by atoms with Gasteiger partial charge in [-0.1, -0.05) is 25.9 Å². The zero-order valence-corrected chi connectivity index (χ0v) is 8.14. The topological polar surface area (TPSA) is 38.1 Å². The third kappa shape index (κ3) is 2.95. The molecule has 0 unspecified atom stereocenters. The van der Waals surface area contributed by atoms with Crippen LogP contribution in [0.15, 0.2) is 10.6 Å². The van der Waals surface area contributed by atoms with Crippen LogP contribution in [0.2, 0.25) is 0 Å². The summed E-state index contributed by atoms with van der Waals surface area (Å²) in [5, 5.41) is 7.03. The number of nitrogens with one attached hydrogen (secondary N) is 1. The summed E-state index contributed by atoms with van der Waals surface area (Å²) in [5.41, 5.74) is 0.271. The van der Waals surface area contributed by atoms with Crippen LogP contribution < -0.4 is 5.32 Å². The average Bonchev–Trinajstić information content (AvgIpc) is 2.30. The maximum absolute atomic E-state index is 4.92. The molecule has 0 fully saturated rings. The van der Waals surface area contributed by atoms with Gasteiger partial charge in [-0.05, 0) is 12.3 Å². The number of anilines is 1. The molecule has 3 nitrogen and oxygen atoms in total. The second kappa shape index (κ2) is 3.17. The summed E-state index contributed by atoms with van der Waals surface area (Å²) in [7, 11) is 0. The molecular weight excluding hydrogens is 152 g/mol. The lowest BCUT2D eigenvalue weighted by atomic mass is 9.97. The van der Waals surface area contributed by atoms with Gasteiger partial charge in [0.25, 0.3) is 0 Å². The van der Waals surface area contributed by atoms with E-state index in [1.165, 1.54) is 0 Å². The van der Waals surface area contributed by atoms with Gasteiger partial charge in [-0.25, -0.2) is 0 Å². The highest BCUT2D eigenvalue weighted by Gasteiger charge is 2.10. The van der Waals surface area contributed by atoms with E-state index in [1.54, 1.807) is 0 Å². The highest BCUT2D eigenvalue weighted by atomic mass is 16.5. The molecule has 1 aromatic heterocycles. The van der Waals surface area contributed by atoms with Crippen LogP contribution >= 0.6 is 0 Å². The Bertz CT molecular complexity index is 247. The summed E-state index contributed by atoms with van der Waals surface area (Å²) in [6, 6.07) is 1.89. The smallest absolute Gasteiger partial charge is 0.169 e. The Hall–Kier alpha value is -0.990. The summed E-state index contributed by atoms with van der Waals surface area (Å²) < 4.78 is 4.92. The van der Waals surface area contributed by atoms with Crippen molar-refractivity contribution in [1.29, 1.82) is 0 Å². The van der Waals surface area contributed by atoms with Gasteiger partial charge in [0, 0.05) is 12.6 Å². The van der Waals surface area contributed by atoms with E-state index in [1.807, 2.05) is 13.0 Å². The van der Waals surface area contributed by atoms with E-state index in [2.05, 4.69) is 31.2 Å². The third-order valence-corrected chi connectivity index (χ3v) is 1.43. The van der Waals surface area contributed by atoms with Crippen molar-refractivity contribution in [2.75, 3.05) is 11.9 Å². The normalized spacial score (nSPS) is 11.7. The van der Waals surface area contributed by atoms with Gasteiger partial charge in [0.1, 0.15) is 5.76 Å². The van der Waals surface area contributed by atoms with E-state index in [4.69, 9.17) is 4.52 Å². The first-order chi connectivity index (χ1) is 5.47. The van der Waals surface area contributed by atoms with Gasteiger partial charge in [0.15, 0.2) is 5.82 Å². The Kier molecular flexibility index (Phi) is 2.40. The SMILES string of the molecule is Cc1cc(NCC(C)(C)C)no1. The van der Waals surface area contributed by atoms with Gasteiger partial charge in [-0.3, -0.25) is 0 Å². The lowest BCUT2D eigenvalue weighted by molar-refractivity contribution is 0.396. The molecule has 0 aliphatic rings. The van der Waals surface area contributed by atoms with Crippen LogP contribution in [0, 0.1) is 12.3 Å². The molecule has 0 aliphatic carbocycles. The number of hydrogen-bond acceptors (Lipinski definition) is 3. The number of aromatic nitrogens is 1. The van der Waals surface area contributed by atoms with E-state index in [9.17, 15) is 0 Å². The van der Waals surface area contributed by atoms with Crippen LogP contribution in [-0.2, 0) is 0 Å². The fourth-order valence-electron chi connectivity index (χ4n) is 0.805. The molecule has 0 bridgehead atoms. The molecular formula is C9H16N2O. The molecule has 3 heteroatoms. The van der Waals surface area contributed by atoms with E-state index in [0.29, 0.717) is 0 Å². The van der Waals surface area contributed by atoms with Crippen LogP contribution in [0.4, 0.5) is 5.82 Å². The van der Waals surface area contributed by atoms with Gasteiger partial charge in [-0.15, -0.1) is 0 Å². The fourth-order valence-corrected chi connectivity index (χ4v) is 0.805. The Morgan fingerprint density at radius 1 is 1.50 bits per heavy atom. The molecule has 0 radical (unpaired) electrons. The predicted octanol–water partition coefficient (Wildman–Crippen LogP) is 2.44. The maximum atomic E-state index is 4.92. The molecule has 1 aromatic rings. The number of hydrogen-bond donors (Lipinski definition) is 1. The standard InChI is InChI=1S/C9H16N2O/c1-7-5-8(11-12-7)10-6-9(2,3)4/h5H,6H2,1-4H3,(H,10,11). The Morgan fingerprint density at radius 3 is 2.58 bits per heavy atom. The van der Waals surface area contributed by atoms with Gasteiger partial charge in [0.05, 0.1) is 0 Å². The molecule has 1 N–H and O–H groups in total. The fraction of sp³-hybridized carbons (Fsp3) is 0.667. The quantitative estimate of drug-likeness (QED) is 0.737. The van der Waals surface area contributed by atoms with Gasteiger partial charge in [0.2, 0.25) is 0 Å². The van der Waals surface area contributed by atoms with Crippen molar-refractivity contribution < 1.29 is 4.52 Å². The van der Waals surface area contributed by atoms with E-state index in [-0.39, 0.29) is 5.41 Å². The maximum Gasteiger partial charge on any atom is 0.169 e. The molecule has 0 aromatic carbocycles. The monoisotopic (exact) mass is 168 g/mol. The molecule has 12 heavy (non-hydrogen) atoms. The lowest BCUT2D eigenvalue weighted by Gasteiger charge is -2.17. The van der Waals surface area contributed by atoms with Crippen LogP contribution in [0.1, 0.15) is 26.5 Å². The van der Waals surface area contributed by atoms with Crippen LogP contribution in [0.5, 0.6) is 0 Å². The van der Waals surface area contributed by atoms with Crippen LogP contribution in [0.3, 0.4) is 0 Å². The van der Waals surface area contributed by atoms with Crippen LogP contribution in [-0.4, -0.2) is 11.7 Å². The molecule has 0 saturated carbocycles. The molecule has 0 saturated heterocycles. The van der Waals surface area contributed by atoms with E-state index >= 15 is 0 Å². The largest absolute Gasteiger partial charge is 0.367 e. The first kappa shape index (κ1) is 9.10. The van der Waals surface area contributed by atoms with Crippen molar-refractivity contribution in [1.82, 2.24) is 5.16 Å². The molecule has 0 spiro atoms. The summed E-state index contributed by atoms with van der Waals surface area (Å²) in [5.74, 6) is 1.66. The van der Waals surface area contributed by atoms with Crippen molar-refractivity contribution in [3.63, 3.8) is 0 Å². The van der Waals surface area contributed by atoms with Gasteiger partial charge >= 0.3 is 0 Å². The highest BCUT2D eigenvalue weighted by molar-refractivity contribution is 5.33. The minimum absolute atomic E-state index is 0.271. The lowest BCUT2D eigenvalue weighted by Crippen LogP contribution is -2.19. The van der Waals surface area contributed by atoms with E-state index in [0.717, 1.165) is 18.1 Å². The minimum atomic E-state index is 0.271. The Balaban J connectivity index is 2.44. The second-order valence-electron chi connectivity index (χ2n) is 4.24. The summed E-state index contributed by atoms with van der Waals surface area (Å²) >= 11 is 0. The summed E-state index contributed by atoms with van der Waals surface area (Å²) in [6.45, 7) is 9.31. The van der Waals surface area contributed by atoms with Crippen molar-refractivity contribution >= 4 is 5.82 Å². The number of nitrogens with zero attached hydrogens (tertiary/aromatic N) is 1. The Labute approximate surface area is 73.1 Å². The molecule has 0 aliphatic heterocycles. The van der Waals surface area contributed by atoms with Crippen molar-refractivity contribution in [2.24, 2.45) is 5.41 Å². The van der Waals surface area contributed by atoms with Crippen molar-refractivity contribution in [2.45, 2.75) is 27.7 Å². The highest BCUT2D eigenvalue weighted by Crippen LogP contribution is 2.14. The van der Waals surface area contributed by atoms with Gasteiger partial charge in [-0.2, -0.15) is 0 Å². The second-order valence-corrected chi connectivity index (χ2v) is 4.24. The van der Waals surface area contributed by atoms with Crippen LogP contribution in [0.25, 0.3) is 0 Å². The predicted molar refractivity (Wildman–Crippen MR) is 49.2 cm³/mol. The molecule has 0 amide bonds.